The first-order valence-electron chi connectivity index (χ1n) is 4.04. The lowest BCUT2D eigenvalue weighted by Crippen LogP contribution is -2.22. The molecule has 0 aliphatic heterocycles. The van der Waals surface area contributed by atoms with Crippen molar-refractivity contribution in [2.75, 3.05) is 0 Å². The summed E-state index contributed by atoms with van der Waals surface area (Å²) in [7, 11) is 0. The Morgan fingerprint density at radius 2 is 1.77 bits per heavy atom. The highest BCUT2D eigenvalue weighted by atomic mass is 14.8. The van der Waals surface area contributed by atoms with Gasteiger partial charge in [-0.1, -0.05) is 24.3 Å². The summed E-state index contributed by atoms with van der Waals surface area (Å²) in [6, 6.07) is 2.05. The van der Waals surface area contributed by atoms with Crippen molar-refractivity contribution in [3.63, 3.8) is 0 Å². The molecule has 0 N–H and O–H groups in total. The Kier molecular flexibility index (Phi) is 3.95. The quantitative estimate of drug-likeness (QED) is 0.475. The van der Waals surface area contributed by atoms with Gasteiger partial charge in [0, 0.05) is 0 Å². The number of nitrogens with zero attached hydrogens (tertiary/aromatic N) is 2. The summed E-state index contributed by atoms with van der Waals surface area (Å²) in [4.78, 5) is 3.39. The molecule has 0 radical (unpaired) electrons. The van der Waals surface area contributed by atoms with E-state index in [1.807, 2.05) is 13.8 Å². The Morgan fingerprint density at radius 1 is 1.38 bits per heavy atom. The molecule has 0 aliphatic rings. The van der Waals surface area contributed by atoms with Crippen LogP contribution in [-0.2, 0) is 0 Å². The maximum Gasteiger partial charge on any atom is 0.322 e. The molecule has 0 rings (SSSR count). The van der Waals surface area contributed by atoms with Crippen molar-refractivity contribution < 1.29 is 0 Å². The van der Waals surface area contributed by atoms with Crippen molar-refractivity contribution in [3.05, 3.63) is 35.7 Å². The fourth-order valence-corrected chi connectivity index (χ4v) is 1.24. The Bertz CT molecular complexity index is 267. The number of rotatable bonds is 4. The van der Waals surface area contributed by atoms with Gasteiger partial charge in [-0.3, -0.25) is 4.85 Å². The van der Waals surface area contributed by atoms with E-state index in [1.165, 1.54) is 0 Å². The fourth-order valence-electron chi connectivity index (χ4n) is 1.24. The summed E-state index contributed by atoms with van der Waals surface area (Å²) in [6.07, 6.45) is 0.861. The van der Waals surface area contributed by atoms with E-state index in [0.29, 0.717) is 12.8 Å². The number of hydrogen-bond donors (Lipinski definition) is 0. The second-order valence-electron chi connectivity index (χ2n) is 3.52. The second kappa shape index (κ2) is 4.48. The molecule has 13 heavy (non-hydrogen) atoms. The molecular formula is C11H14N2. The van der Waals surface area contributed by atoms with Crippen molar-refractivity contribution >= 4 is 0 Å². The van der Waals surface area contributed by atoms with Crippen molar-refractivity contribution in [1.82, 2.24) is 0 Å². The summed E-state index contributed by atoms with van der Waals surface area (Å²) in [5, 5.41) is 8.93. The average Bonchev–Trinajstić information content (AvgIpc) is 2.01. The maximum absolute atomic E-state index is 8.93. The van der Waals surface area contributed by atoms with Gasteiger partial charge in [0.05, 0.1) is 12.8 Å². The van der Waals surface area contributed by atoms with Crippen LogP contribution in [0.2, 0.25) is 0 Å². The molecule has 0 spiro atoms. The van der Waals surface area contributed by atoms with Crippen LogP contribution in [0.1, 0.15) is 26.7 Å². The van der Waals surface area contributed by atoms with Gasteiger partial charge in [-0.15, -0.1) is 0 Å². The van der Waals surface area contributed by atoms with Crippen LogP contribution in [0.15, 0.2) is 24.3 Å². The molecule has 0 bridgehead atoms. The summed E-state index contributed by atoms with van der Waals surface area (Å²) in [5.74, 6) is 0. The van der Waals surface area contributed by atoms with E-state index in [0.717, 1.165) is 11.1 Å². The largest absolute Gasteiger partial charge is 0.322 e. The van der Waals surface area contributed by atoms with E-state index in [-0.39, 0.29) is 0 Å². The molecule has 0 amide bonds. The molecule has 0 saturated carbocycles. The van der Waals surface area contributed by atoms with Crippen molar-refractivity contribution in [1.29, 1.82) is 5.26 Å². The SMILES string of the molecule is [C-]#[N+]C(C#N)(CC(=C)C)CC(=C)C. The van der Waals surface area contributed by atoms with Gasteiger partial charge in [0.1, 0.15) is 0 Å². The molecule has 0 heterocycles. The van der Waals surface area contributed by atoms with Gasteiger partial charge in [-0.05, 0) is 13.8 Å². The molecule has 2 nitrogen and oxygen atoms in total. The van der Waals surface area contributed by atoms with Gasteiger partial charge >= 0.3 is 5.54 Å². The van der Waals surface area contributed by atoms with Gasteiger partial charge in [0.15, 0.2) is 6.07 Å². The molecular weight excluding hydrogens is 160 g/mol. The Hall–Kier alpha value is -1.54. The van der Waals surface area contributed by atoms with Crippen LogP contribution in [0.3, 0.4) is 0 Å². The standard InChI is InChI=1S/C11H14N2/c1-9(2)6-11(8-12,13-5)7-10(3)4/h1,3,6-7H2,2,4H3. The third-order valence-electron chi connectivity index (χ3n) is 1.61. The van der Waals surface area contributed by atoms with Crippen LogP contribution in [0.5, 0.6) is 0 Å². The minimum atomic E-state index is -0.975. The van der Waals surface area contributed by atoms with Gasteiger partial charge in [0.2, 0.25) is 0 Å². The highest BCUT2D eigenvalue weighted by molar-refractivity contribution is 5.24. The van der Waals surface area contributed by atoms with Crippen molar-refractivity contribution in [2.45, 2.75) is 32.2 Å². The highest BCUT2D eigenvalue weighted by Crippen LogP contribution is 2.26. The van der Waals surface area contributed by atoms with Gasteiger partial charge < -0.3 is 0 Å². The monoisotopic (exact) mass is 174 g/mol. The summed E-state index contributed by atoms with van der Waals surface area (Å²) >= 11 is 0. The highest BCUT2D eigenvalue weighted by Gasteiger charge is 2.36. The molecule has 68 valence electrons. The van der Waals surface area contributed by atoms with Crippen molar-refractivity contribution in [2.24, 2.45) is 0 Å². The zero-order valence-corrected chi connectivity index (χ0v) is 8.22. The predicted molar refractivity (Wildman–Crippen MR) is 53.8 cm³/mol. The lowest BCUT2D eigenvalue weighted by Gasteiger charge is -2.13. The predicted octanol–water partition coefficient (Wildman–Crippen LogP) is 3.10. The van der Waals surface area contributed by atoms with Crippen LogP contribution in [0.25, 0.3) is 4.85 Å². The Morgan fingerprint density at radius 3 is 1.92 bits per heavy atom. The maximum atomic E-state index is 8.93. The molecule has 0 aromatic heterocycles. The second-order valence-corrected chi connectivity index (χ2v) is 3.52. The lowest BCUT2D eigenvalue weighted by molar-refractivity contribution is 0.617. The van der Waals surface area contributed by atoms with Crippen LogP contribution in [0, 0.1) is 17.9 Å². The van der Waals surface area contributed by atoms with E-state index < -0.39 is 5.54 Å². The van der Waals surface area contributed by atoms with Crippen LogP contribution in [0.4, 0.5) is 0 Å². The minimum Gasteiger partial charge on any atom is -0.293 e. The molecule has 0 aromatic rings. The van der Waals surface area contributed by atoms with Crippen LogP contribution < -0.4 is 0 Å². The topological polar surface area (TPSA) is 28.1 Å². The number of nitriles is 1. The molecule has 0 aromatic carbocycles. The molecule has 0 saturated heterocycles. The molecule has 0 aliphatic carbocycles. The third-order valence-corrected chi connectivity index (χ3v) is 1.61. The lowest BCUT2D eigenvalue weighted by atomic mass is 9.88. The summed E-state index contributed by atoms with van der Waals surface area (Å²) < 4.78 is 0. The third kappa shape index (κ3) is 3.58. The van der Waals surface area contributed by atoms with E-state index >= 15 is 0 Å². The van der Waals surface area contributed by atoms with Crippen LogP contribution in [-0.4, -0.2) is 5.54 Å². The Balaban J connectivity index is 4.75. The Labute approximate surface area is 80.0 Å². The van der Waals surface area contributed by atoms with Gasteiger partial charge in [-0.2, -0.15) is 5.26 Å². The van der Waals surface area contributed by atoms with E-state index in [4.69, 9.17) is 11.8 Å². The van der Waals surface area contributed by atoms with Gasteiger partial charge in [-0.25, -0.2) is 6.57 Å². The first kappa shape index (κ1) is 11.5. The molecule has 0 unspecified atom stereocenters. The zero-order valence-electron chi connectivity index (χ0n) is 8.22. The summed E-state index contributed by atoms with van der Waals surface area (Å²) in [6.45, 7) is 18.1. The first-order chi connectivity index (χ1) is 5.95. The van der Waals surface area contributed by atoms with Gasteiger partial charge in [0.25, 0.3) is 0 Å². The van der Waals surface area contributed by atoms with E-state index in [9.17, 15) is 0 Å². The minimum absolute atomic E-state index is 0.430. The normalized spacial score (nSPS) is 9.85. The summed E-state index contributed by atoms with van der Waals surface area (Å²) in [5.41, 5.74) is 0.745. The van der Waals surface area contributed by atoms with E-state index in [2.05, 4.69) is 24.1 Å². The smallest absolute Gasteiger partial charge is 0.293 e. The van der Waals surface area contributed by atoms with Crippen LogP contribution >= 0.6 is 0 Å². The van der Waals surface area contributed by atoms with E-state index in [1.54, 1.807) is 0 Å². The molecule has 0 fully saturated rings. The van der Waals surface area contributed by atoms with Crippen molar-refractivity contribution in [3.8, 4) is 6.07 Å². The molecule has 0 atom stereocenters. The number of hydrogen-bond acceptors (Lipinski definition) is 1. The first-order valence-corrected chi connectivity index (χ1v) is 4.04. The molecule has 2 heteroatoms. The fraction of sp³-hybridized carbons (Fsp3) is 0.455. The average molecular weight is 174 g/mol. The zero-order chi connectivity index (χ0) is 10.5.